The average molecular weight is 382 g/mol. The number of amides is 1. The Kier molecular flexibility index (Phi) is 6.42. The average Bonchev–Trinajstić information content (AvgIpc) is 2.94. The first-order valence-electron chi connectivity index (χ1n) is 8.76. The van der Waals surface area contributed by atoms with Crippen molar-refractivity contribution in [1.82, 2.24) is 14.4 Å². The number of nitriles is 1. The number of aryl methyl sites for hydroxylation is 2. The zero-order chi connectivity index (χ0) is 19.5. The summed E-state index contributed by atoms with van der Waals surface area (Å²) in [6.07, 6.45) is 1.75. The van der Waals surface area contributed by atoms with Gasteiger partial charge in [0.2, 0.25) is 15.9 Å². The van der Waals surface area contributed by atoms with Crippen LogP contribution in [0.2, 0.25) is 0 Å². The van der Waals surface area contributed by atoms with Gasteiger partial charge in [0.15, 0.2) is 5.76 Å². The molecule has 2 atom stereocenters. The van der Waals surface area contributed by atoms with Crippen LogP contribution in [0.25, 0.3) is 0 Å². The monoisotopic (exact) mass is 382 g/mol. The standard InChI is InChI=1S/C17H26N4O4S/c1-5-14-11-21(26(23,24)17-12(2)19-25-13(17)3)8-6-15(14)10-16(22)20(4)9-7-18/h14-15H,5-6,8-11H2,1-4H3. The third kappa shape index (κ3) is 4.07. The smallest absolute Gasteiger partial charge is 0.248 e. The SMILES string of the molecule is CCC1CN(S(=O)(=O)c2c(C)noc2C)CCC1CC(=O)N(C)CC#N. The Balaban J connectivity index is 2.12. The van der Waals surface area contributed by atoms with Gasteiger partial charge in [-0.3, -0.25) is 4.79 Å². The van der Waals surface area contributed by atoms with E-state index in [9.17, 15) is 13.2 Å². The molecule has 2 heterocycles. The molecule has 1 aliphatic heterocycles. The van der Waals surface area contributed by atoms with E-state index in [0.29, 0.717) is 37.4 Å². The molecule has 2 rings (SSSR count). The molecule has 9 heteroatoms. The van der Waals surface area contributed by atoms with E-state index in [1.165, 1.54) is 9.21 Å². The number of hydrogen-bond donors (Lipinski definition) is 0. The maximum atomic E-state index is 13.0. The minimum absolute atomic E-state index is 0.0644. The zero-order valence-corrected chi connectivity index (χ0v) is 16.5. The number of nitrogens with zero attached hydrogens (tertiary/aromatic N) is 4. The third-order valence-corrected chi connectivity index (χ3v) is 7.22. The summed E-state index contributed by atoms with van der Waals surface area (Å²) in [7, 11) is -2.05. The largest absolute Gasteiger partial charge is 0.360 e. The van der Waals surface area contributed by atoms with Gasteiger partial charge < -0.3 is 9.42 Å². The quantitative estimate of drug-likeness (QED) is 0.693. The summed E-state index contributed by atoms with van der Waals surface area (Å²) in [4.78, 5) is 13.8. The number of aromatic nitrogens is 1. The van der Waals surface area contributed by atoms with E-state index in [0.717, 1.165) is 6.42 Å². The van der Waals surface area contributed by atoms with Gasteiger partial charge in [0.1, 0.15) is 17.1 Å². The number of carbonyl (C=O) groups is 1. The van der Waals surface area contributed by atoms with Crippen LogP contribution < -0.4 is 0 Å². The van der Waals surface area contributed by atoms with Gasteiger partial charge in [-0.05, 0) is 32.1 Å². The number of piperidine rings is 1. The van der Waals surface area contributed by atoms with Crippen LogP contribution in [0.1, 0.15) is 37.6 Å². The Morgan fingerprint density at radius 3 is 2.65 bits per heavy atom. The van der Waals surface area contributed by atoms with Crippen LogP contribution in [0.15, 0.2) is 9.42 Å². The topological polar surface area (TPSA) is 108 Å². The third-order valence-electron chi connectivity index (χ3n) is 5.11. The van der Waals surface area contributed by atoms with Crippen molar-refractivity contribution < 1.29 is 17.7 Å². The van der Waals surface area contributed by atoms with Gasteiger partial charge in [-0.1, -0.05) is 18.5 Å². The molecule has 8 nitrogen and oxygen atoms in total. The molecule has 1 amide bonds. The molecule has 1 fully saturated rings. The second kappa shape index (κ2) is 8.18. The molecule has 0 aromatic carbocycles. The van der Waals surface area contributed by atoms with Crippen LogP contribution in [0, 0.1) is 37.0 Å². The molecular weight excluding hydrogens is 356 g/mol. The molecule has 1 saturated heterocycles. The van der Waals surface area contributed by atoms with Crippen LogP contribution >= 0.6 is 0 Å². The lowest BCUT2D eigenvalue weighted by atomic mass is 9.82. The first-order valence-corrected chi connectivity index (χ1v) is 10.2. The second-order valence-electron chi connectivity index (χ2n) is 6.85. The van der Waals surface area contributed by atoms with Crippen LogP contribution in [0.3, 0.4) is 0 Å². The molecule has 2 unspecified atom stereocenters. The van der Waals surface area contributed by atoms with Gasteiger partial charge in [0, 0.05) is 26.6 Å². The summed E-state index contributed by atoms with van der Waals surface area (Å²) in [5.41, 5.74) is 0.367. The van der Waals surface area contributed by atoms with Crippen molar-refractivity contribution in [2.75, 3.05) is 26.7 Å². The van der Waals surface area contributed by atoms with Crippen molar-refractivity contribution in [3.8, 4) is 6.07 Å². The summed E-state index contributed by atoms with van der Waals surface area (Å²) >= 11 is 0. The molecular formula is C17H26N4O4S. The van der Waals surface area contributed by atoms with E-state index in [-0.39, 0.29) is 29.2 Å². The van der Waals surface area contributed by atoms with Gasteiger partial charge >= 0.3 is 0 Å². The first-order chi connectivity index (χ1) is 12.2. The summed E-state index contributed by atoms with van der Waals surface area (Å²) in [6, 6.07) is 1.97. The molecule has 0 N–H and O–H groups in total. The van der Waals surface area contributed by atoms with Gasteiger partial charge in [0.25, 0.3) is 0 Å². The summed E-state index contributed by atoms with van der Waals surface area (Å²) in [5.74, 6) is 0.436. The maximum absolute atomic E-state index is 13.0. The minimum Gasteiger partial charge on any atom is -0.360 e. The van der Waals surface area contributed by atoms with E-state index in [1.807, 2.05) is 13.0 Å². The molecule has 144 valence electrons. The van der Waals surface area contributed by atoms with Gasteiger partial charge in [-0.15, -0.1) is 0 Å². The van der Waals surface area contributed by atoms with Crippen molar-refractivity contribution in [2.45, 2.75) is 44.9 Å². The summed E-state index contributed by atoms with van der Waals surface area (Å²) in [6.45, 7) is 6.03. The predicted molar refractivity (Wildman–Crippen MR) is 94.5 cm³/mol. The molecule has 0 radical (unpaired) electrons. The highest BCUT2D eigenvalue weighted by Crippen LogP contribution is 2.33. The van der Waals surface area contributed by atoms with E-state index in [4.69, 9.17) is 9.78 Å². The van der Waals surface area contributed by atoms with Gasteiger partial charge in [-0.25, -0.2) is 8.42 Å². The normalized spacial score (nSPS) is 21.3. The molecule has 1 aromatic heterocycles. The van der Waals surface area contributed by atoms with Gasteiger partial charge in [0.05, 0.1) is 6.07 Å². The number of rotatable bonds is 6. The Labute approximate surface area is 154 Å². The van der Waals surface area contributed by atoms with Crippen LogP contribution in [0.5, 0.6) is 0 Å². The predicted octanol–water partition coefficient (Wildman–Crippen LogP) is 1.70. The van der Waals surface area contributed by atoms with Gasteiger partial charge in [-0.2, -0.15) is 9.57 Å². The van der Waals surface area contributed by atoms with Crippen LogP contribution in [0.4, 0.5) is 0 Å². The number of carbonyl (C=O) groups excluding carboxylic acids is 1. The summed E-state index contributed by atoms with van der Waals surface area (Å²) in [5, 5.41) is 12.5. The highest BCUT2D eigenvalue weighted by atomic mass is 32.2. The van der Waals surface area contributed by atoms with E-state index in [1.54, 1.807) is 20.9 Å². The Morgan fingerprint density at radius 2 is 2.12 bits per heavy atom. The van der Waals surface area contributed by atoms with Crippen molar-refractivity contribution in [3.05, 3.63) is 11.5 Å². The first kappa shape index (κ1) is 20.4. The number of hydrogen-bond acceptors (Lipinski definition) is 6. The lowest BCUT2D eigenvalue weighted by Gasteiger charge is -2.37. The summed E-state index contributed by atoms with van der Waals surface area (Å²) < 4.78 is 32.5. The lowest BCUT2D eigenvalue weighted by Crippen LogP contribution is -2.45. The fourth-order valence-corrected chi connectivity index (χ4v) is 5.35. The van der Waals surface area contributed by atoms with Crippen molar-refractivity contribution in [2.24, 2.45) is 11.8 Å². The maximum Gasteiger partial charge on any atom is 0.248 e. The van der Waals surface area contributed by atoms with Crippen molar-refractivity contribution >= 4 is 15.9 Å². The Morgan fingerprint density at radius 1 is 1.42 bits per heavy atom. The van der Waals surface area contributed by atoms with E-state index in [2.05, 4.69) is 5.16 Å². The Hall–Kier alpha value is -1.92. The van der Waals surface area contributed by atoms with Crippen molar-refractivity contribution in [3.63, 3.8) is 0 Å². The fourth-order valence-electron chi connectivity index (χ4n) is 3.54. The highest BCUT2D eigenvalue weighted by Gasteiger charge is 2.38. The van der Waals surface area contributed by atoms with E-state index >= 15 is 0 Å². The second-order valence-corrected chi connectivity index (χ2v) is 8.72. The molecule has 0 saturated carbocycles. The highest BCUT2D eigenvalue weighted by molar-refractivity contribution is 7.89. The molecule has 1 aliphatic rings. The van der Waals surface area contributed by atoms with Crippen LogP contribution in [-0.2, 0) is 14.8 Å². The zero-order valence-electron chi connectivity index (χ0n) is 15.7. The molecule has 0 bridgehead atoms. The van der Waals surface area contributed by atoms with E-state index < -0.39 is 10.0 Å². The fraction of sp³-hybridized carbons (Fsp3) is 0.706. The number of sulfonamides is 1. The van der Waals surface area contributed by atoms with Crippen molar-refractivity contribution in [1.29, 1.82) is 5.26 Å². The molecule has 1 aromatic rings. The molecule has 26 heavy (non-hydrogen) atoms. The lowest BCUT2D eigenvalue weighted by molar-refractivity contribution is -0.131. The molecule has 0 spiro atoms. The molecule has 0 aliphatic carbocycles. The Bertz CT molecular complexity index is 777. The minimum atomic E-state index is -3.66. The van der Waals surface area contributed by atoms with Crippen LogP contribution in [-0.4, -0.2) is 55.4 Å².